The molecule has 0 saturated carbocycles. The molecule has 0 atom stereocenters. The lowest BCUT2D eigenvalue weighted by atomic mass is 10.4. The van der Waals surface area contributed by atoms with Gasteiger partial charge in [0.2, 0.25) is 0 Å². The molecule has 2 heterocycles. The van der Waals surface area contributed by atoms with Gasteiger partial charge in [-0.1, -0.05) is 5.16 Å². The Hall–Kier alpha value is -2.11. The number of nitrogens with zero attached hydrogens (tertiary/aromatic N) is 3. The summed E-state index contributed by atoms with van der Waals surface area (Å²) in [7, 11) is 0. The van der Waals surface area contributed by atoms with Crippen molar-refractivity contribution in [3.63, 3.8) is 0 Å². The quantitative estimate of drug-likeness (QED) is 0.301. The number of aromatic nitrogens is 2. The largest absolute Gasteiger partial charge is 0.409 e. The van der Waals surface area contributed by atoms with Gasteiger partial charge < -0.3 is 10.9 Å². The second-order valence-corrected chi connectivity index (χ2v) is 2.70. The molecule has 0 radical (unpaired) electrons. The van der Waals surface area contributed by atoms with Crippen LogP contribution < -0.4 is 5.73 Å². The van der Waals surface area contributed by atoms with E-state index in [1.807, 2.05) is 0 Å². The summed E-state index contributed by atoms with van der Waals surface area (Å²) in [6.07, 6.45) is 2.62. The predicted molar refractivity (Wildman–Crippen MR) is 47.7 cm³/mol. The van der Waals surface area contributed by atoms with Crippen LogP contribution in [0.1, 0.15) is 5.69 Å². The summed E-state index contributed by atoms with van der Waals surface area (Å²) < 4.78 is 14.3. The highest BCUT2D eigenvalue weighted by atomic mass is 19.1. The molecule has 0 amide bonds. The average molecular weight is 194 g/mol. The lowest BCUT2D eigenvalue weighted by Crippen LogP contribution is -2.15. The molecule has 72 valence electrons. The van der Waals surface area contributed by atoms with E-state index in [2.05, 4.69) is 10.1 Å². The van der Waals surface area contributed by atoms with Gasteiger partial charge in [0.1, 0.15) is 17.2 Å². The summed E-state index contributed by atoms with van der Waals surface area (Å²) in [5.74, 6) is -0.523. The highest BCUT2D eigenvalue weighted by Gasteiger charge is 2.07. The molecular formula is C8H7FN4O. The Morgan fingerprint density at radius 1 is 1.57 bits per heavy atom. The fourth-order valence-corrected chi connectivity index (χ4v) is 1.20. The molecule has 0 aromatic carbocycles. The summed E-state index contributed by atoms with van der Waals surface area (Å²) in [4.78, 5) is 3.95. The van der Waals surface area contributed by atoms with Crippen molar-refractivity contribution in [1.82, 2.24) is 9.38 Å². The van der Waals surface area contributed by atoms with Gasteiger partial charge in [-0.25, -0.2) is 9.37 Å². The second-order valence-electron chi connectivity index (χ2n) is 2.70. The van der Waals surface area contributed by atoms with Crippen molar-refractivity contribution < 1.29 is 9.60 Å². The number of hydrogen-bond acceptors (Lipinski definition) is 3. The highest BCUT2D eigenvalue weighted by Crippen LogP contribution is 2.07. The predicted octanol–water partition coefficient (Wildman–Crippen LogP) is 0.568. The standard InChI is InChI=1S/C8H7FN4O/c9-5-1-2-7-11-3-6(8(10)12-14)13(7)4-5/h1-4,14H,(H2,10,12). The first-order chi connectivity index (χ1) is 6.72. The molecule has 5 nitrogen and oxygen atoms in total. The summed E-state index contributed by atoms with van der Waals surface area (Å²) in [6, 6.07) is 2.79. The number of hydrogen-bond donors (Lipinski definition) is 2. The van der Waals surface area contributed by atoms with Crippen molar-refractivity contribution in [3.8, 4) is 0 Å². The minimum absolute atomic E-state index is 0.108. The zero-order chi connectivity index (χ0) is 10.1. The Kier molecular flexibility index (Phi) is 1.81. The zero-order valence-electron chi connectivity index (χ0n) is 7.05. The van der Waals surface area contributed by atoms with Crippen molar-refractivity contribution in [3.05, 3.63) is 36.0 Å². The van der Waals surface area contributed by atoms with Crippen LogP contribution in [-0.2, 0) is 0 Å². The molecule has 6 heteroatoms. The first-order valence-corrected chi connectivity index (χ1v) is 3.83. The molecule has 2 rings (SSSR count). The van der Waals surface area contributed by atoms with Gasteiger partial charge in [0.15, 0.2) is 5.84 Å². The number of pyridine rings is 1. The summed E-state index contributed by atoms with van der Waals surface area (Å²) in [5, 5.41) is 11.3. The van der Waals surface area contributed by atoms with E-state index in [0.717, 1.165) is 0 Å². The molecule has 0 aliphatic heterocycles. The lowest BCUT2D eigenvalue weighted by molar-refractivity contribution is 0.318. The van der Waals surface area contributed by atoms with E-state index in [0.29, 0.717) is 11.3 Å². The maximum absolute atomic E-state index is 12.9. The SMILES string of the molecule is N/C(=N/O)c1cnc2ccc(F)cn12. The molecule has 2 aromatic heterocycles. The van der Waals surface area contributed by atoms with E-state index in [9.17, 15) is 4.39 Å². The smallest absolute Gasteiger partial charge is 0.188 e. The Bertz CT molecular complexity index is 505. The van der Waals surface area contributed by atoms with E-state index < -0.39 is 5.82 Å². The van der Waals surface area contributed by atoms with Crippen LogP contribution in [0.4, 0.5) is 4.39 Å². The molecule has 0 saturated heterocycles. The van der Waals surface area contributed by atoms with Gasteiger partial charge in [-0.05, 0) is 12.1 Å². The number of nitrogens with two attached hydrogens (primary N) is 1. The van der Waals surface area contributed by atoms with E-state index in [1.54, 1.807) is 0 Å². The van der Waals surface area contributed by atoms with Crippen molar-refractivity contribution in [1.29, 1.82) is 0 Å². The van der Waals surface area contributed by atoms with Crippen LogP contribution in [-0.4, -0.2) is 20.4 Å². The second kappa shape index (κ2) is 2.99. The Morgan fingerprint density at radius 3 is 3.07 bits per heavy atom. The van der Waals surface area contributed by atoms with E-state index in [4.69, 9.17) is 10.9 Å². The molecule has 14 heavy (non-hydrogen) atoms. The minimum atomic E-state index is -0.414. The fraction of sp³-hybridized carbons (Fsp3) is 0. The Balaban J connectivity index is 2.73. The maximum atomic E-state index is 12.9. The number of fused-ring (bicyclic) bond motifs is 1. The third-order valence-electron chi connectivity index (χ3n) is 1.84. The van der Waals surface area contributed by atoms with Crippen molar-refractivity contribution in [2.45, 2.75) is 0 Å². The molecule has 3 N–H and O–H groups in total. The van der Waals surface area contributed by atoms with Crippen LogP contribution >= 0.6 is 0 Å². The van der Waals surface area contributed by atoms with E-state index in [-0.39, 0.29) is 5.84 Å². The number of rotatable bonds is 1. The third kappa shape index (κ3) is 1.17. The van der Waals surface area contributed by atoms with Crippen LogP contribution in [0.2, 0.25) is 0 Å². The Morgan fingerprint density at radius 2 is 2.36 bits per heavy atom. The molecule has 0 unspecified atom stereocenters. The van der Waals surface area contributed by atoms with Crippen LogP contribution in [0.3, 0.4) is 0 Å². The number of imidazole rings is 1. The van der Waals surface area contributed by atoms with Gasteiger partial charge in [0.05, 0.1) is 6.20 Å². The maximum Gasteiger partial charge on any atom is 0.188 e. The van der Waals surface area contributed by atoms with Gasteiger partial charge >= 0.3 is 0 Å². The topological polar surface area (TPSA) is 75.9 Å². The molecule has 0 fully saturated rings. The Labute approximate surface area is 78.3 Å². The lowest BCUT2D eigenvalue weighted by Gasteiger charge is -1.98. The molecule has 2 aromatic rings. The monoisotopic (exact) mass is 194 g/mol. The highest BCUT2D eigenvalue weighted by molar-refractivity contribution is 5.96. The van der Waals surface area contributed by atoms with Crippen molar-refractivity contribution in [2.75, 3.05) is 0 Å². The third-order valence-corrected chi connectivity index (χ3v) is 1.84. The first-order valence-electron chi connectivity index (χ1n) is 3.83. The number of oxime groups is 1. The van der Waals surface area contributed by atoms with Crippen LogP contribution in [0, 0.1) is 5.82 Å². The molecule has 0 aliphatic carbocycles. The van der Waals surface area contributed by atoms with Gasteiger partial charge in [-0.15, -0.1) is 0 Å². The van der Waals surface area contributed by atoms with Crippen molar-refractivity contribution in [2.24, 2.45) is 10.9 Å². The van der Waals surface area contributed by atoms with Gasteiger partial charge in [0, 0.05) is 6.20 Å². The average Bonchev–Trinajstić information content (AvgIpc) is 2.59. The van der Waals surface area contributed by atoms with Gasteiger partial charge in [-0.3, -0.25) is 4.40 Å². The summed E-state index contributed by atoms with van der Waals surface area (Å²) in [5.41, 5.74) is 6.26. The molecule has 0 spiro atoms. The minimum Gasteiger partial charge on any atom is -0.409 e. The first kappa shape index (κ1) is 8.49. The van der Waals surface area contributed by atoms with Crippen LogP contribution in [0.5, 0.6) is 0 Å². The number of amidine groups is 1. The van der Waals surface area contributed by atoms with Gasteiger partial charge in [0.25, 0.3) is 0 Å². The van der Waals surface area contributed by atoms with E-state index in [1.165, 1.54) is 28.9 Å². The van der Waals surface area contributed by atoms with Crippen LogP contribution in [0.25, 0.3) is 5.65 Å². The van der Waals surface area contributed by atoms with E-state index >= 15 is 0 Å². The molecule has 0 bridgehead atoms. The zero-order valence-corrected chi connectivity index (χ0v) is 7.05. The van der Waals surface area contributed by atoms with Crippen LogP contribution in [0.15, 0.2) is 29.7 Å². The number of halogens is 1. The molecular weight excluding hydrogens is 187 g/mol. The van der Waals surface area contributed by atoms with Gasteiger partial charge in [-0.2, -0.15) is 0 Å². The summed E-state index contributed by atoms with van der Waals surface area (Å²) >= 11 is 0. The fourth-order valence-electron chi connectivity index (χ4n) is 1.20. The van der Waals surface area contributed by atoms with Crippen molar-refractivity contribution >= 4 is 11.5 Å². The molecule has 0 aliphatic rings. The summed E-state index contributed by atoms with van der Waals surface area (Å²) in [6.45, 7) is 0. The normalized spacial score (nSPS) is 12.2.